The van der Waals surface area contributed by atoms with Gasteiger partial charge in [-0.15, -0.1) is 0 Å². The highest BCUT2D eigenvalue weighted by Gasteiger charge is 2.32. The summed E-state index contributed by atoms with van der Waals surface area (Å²) in [6, 6.07) is 0. The molecule has 0 aliphatic carbocycles. The lowest BCUT2D eigenvalue weighted by Gasteiger charge is -2.35. The van der Waals surface area contributed by atoms with Crippen LogP contribution >= 0.6 is 0 Å². The maximum absolute atomic E-state index is 12.4. The number of aliphatic hydroxyl groups is 1. The van der Waals surface area contributed by atoms with Gasteiger partial charge < -0.3 is 15.3 Å². The van der Waals surface area contributed by atoms with Crippen molar-refractivity contribution < 1.29 is 9.90 Å². The van der Waals surface area contributed by atoms with Gasteiger partial charge in [0.25, 0.3) is 0 Å². The van der Waals surface area contributed by atoms with Crippen LogP contribution in [0.4, 0.5) is 5.82 Å². The Kier molecular flexibility index (Phi) is 6.15. The fourth-order valence-electron chi connectivity index (χ4n) is 3.29. The fraction of sp³-hybridized carbons (Fsp3) is 0.722. The average Bonchev–Trinajstić information content (AvgIpc) is 2.60. The van der Waals surface area contributed by atoms with Crippen molar-refractivity contribution in [1.29, 1.82) is 0 Å². The van der Waals surface area contributed by atoms with Crippen LogP contribution in [0.5, 0.6) is 0 Å². The first-order valence-corrected chi connectivity index (χ1v) is 8.78. The highest BCUT2D eigenvalue weighted by molar-refractivity contribution is 5.79. The van der Waals surface area contributed by atoms with Crippen LogP contribution in [0.15, 0.2) is 18.6 Å². The first kappa shape index (κ1) is 18.6. The minimum Gasteiger partial charge on any atom is -0.392 e. The molecular weight excluding hydrogens is 304 g/mol. The number of anilines is 1. The molecule has 1 saturated heterocycles. The highest BCUT2D eigenvalue weighted by Crippen LogP contribution is 2.26. The molecule has 1 fully saturated rings. The van der Waals surface area contributed by atoms with E-state index in [0.717, 1.165) is 31.7 Å². The summed E-state index contributed by atoms with van der Waals surface area (Å²) in [4.78, 5) is 23.0. The van der Waals surface area contributed by atoms with E-state index in [0.29, 0.717) is 6.54 Å². The van der Waals surface area contributed by atoms with Crippen molar-refractivity contribution in [2.24, 2.45) is 17.3 Å². The Morgan fingerprint density at radius 2 is 2.04 bits per heavy atom. The zero-order chi connectivity index (χ0) is 17.7. The molecule has 0 spiro atoms. The summed E-state index contributed by atoms with van der Waals surface area (Å²) in [5, 5.41) is 13.3. The van der Waals surface area contributed by atoms with Gasteiger partial charge >= 0.3 is 0 Å². The van der Waals surface area contributed by atoms with Crippen molar-refractivity contribution in [3.8, 4) is 0 Å². The molecule has 1 atom stereocenters. The minimum atomic E-state index is -0.434. The molecular formula is C18H30N4O2. The smallest absolute Gasteiger partial charge is 0.223 e. The van der Waals surface area contributed by atoms with Gasteiger partial charge in [-0.3, -0.25) is 9.78 Å². The van der Waals surface area contributed by atoms with Gasteiger partial charge in [0.2, 0.25) is 5.91 Å². The fourth-order valence-corrected chi connectivity index (χ4v) is 3.29. The van der Waals surface area contributed by atoms with Crippen LogP contribution in [-0.2, 0) is 4.79 Å². The molecule has 0 bridgehead atoms. The van der Waals surface area contributed by atoms with Gasteiger partial charge in [0.15, 0.2) is 0 Å². The summed E-state index contributed by atoms with van der Waals surface area (Å²) in [6.45, 7) is 10.1. The molecule has 0 saturated carbocycles. The molecule has 1 aliphatic heterocycles. The van der Waals surface area contributed by atoms with Crippen molar-refractivity contribution in [2.75, 3.05) is 24.5 Å². The molecule has 2 rings (SSSR count). The number of nitrogens with one attached hydrogen (secondary N) is 1. The highest BCUT2D eigenvalue weighted by atomic mass is 16.3. The molecule has 1 amide bonds. The second-order valence-corrected chi connectivity index (χ2v) is 7.72. The predicted octanol–water partition coefficient (Wildman–Crippen LogP) is 1.85. The zero-order valence-corrected chi connectivity index (χ0v) is 15.2. The van der Waals surface area contributed by atoms with Gasteiger partial charge in [-0.1, -0.05) is 27.7 Å². The number of hydrogen-bond donors (Lipinski definition) is 2. The van der Waals surface area contributed by atoms with Crippen LogP contribution in [0, 0.1) is 17.3 Å². The second-order valence-electron chi connectivity index (χ2n) is 7.72. The summed E-state index contributed by atoms with van der Waals surface area (Å²) < 4.78 is 0. The summed E-state index contributed by atoms with van der Waals surface area (Å²) in [7, 11) is 0. The van der Waals surface area contributed by atoms with E-state index in [9.17, 15) is 9.90 Å². The van der Waals surface area contributed by atoms with E-state index in [1.165, 1.54) is 0 Å². The SMILES string of the molecule is CC(C)C(O)C(C)(C)CNC(=O)C1CCN(c2cnccn2)CC1. The number of rotatable bonds is 6. The van der Waals surface area contributed by atoms with Crippen molar-refractivity contribution in [3.63, 3.8) is 0 Å². The number of carbonyl (C=O) groups is 1. The quantitative estimate of drug-likeness (QED) is 0.830. The third-order valence-corrected chi connectivity index (χ3v) is 4.89. The first-order valence-electron chi connectivity index (χ1n) is 8.78. The lowest BCUT2D eigenvalue weighted by atomic mass is 9.80. The molecule has 0 aromatic carbocycles. The topological polar surface area (TPSA) is 78.4 Å². The lowest BCUT2D eigenvalue weighted by molar-refractivity contribution is -0.126. The van der Waals surface area contributed by atoms with Gasteiger partial charge in [-0.2, -0.15) is 0 Å². The summed E-state index contributed by atoms with van der Waals surface area (Å²) >= 11 is 0. The summed E-state index contributed by atoms with van der Waals surface area (Å²) in [5.41, 5.74) is -0.329. The molecule has 24 heavy (non-hydrogen) atoms. The molecule has 0 radical (unpaired) electrons. The molecule has 1 unspecified atom stereocenters. The molecule has 1 aromatic heterocycles. The van der Waals surface area contributed by atoms with E-state index in [1.54, 1.807) is 18.6 Å². The number of carbonyl (C=O) groups excluding carboxylic acids is 1. The van der Waals surface area contributed by atoms with E-state index < -0.39 is 6.10 Å². The Bertz CT molecular complexity index is 525. The van der Waals surface area contributed by atoms with Crippen LogP contribution in [-0.4, -0.2) is 46.7 Å². The van der Waals surface area contributed by atoms with Crippen molar-refractivity contribution in [3.05, 3.63) is 18.6 Å². The van der Waals surface area contributed by atoms with Gasteiger partial charge in [0, 0.05) is 43.4 Å². The molecule has 2 N–H and O–H groups in total. The number of nitrogens with zero attached hydrogens (tertiary/aromatic N) is 3. The van der Waals surface area contributed by atoms with Crippen LogP contribution in [0.3, 0.4) is 0 Å². The van der Waals surface area contributed by atoms with Crippen molar-refractivity contribution in [1.82, 2.24) is 15.3 Å². The second kappa shape index (κ2) is 7.92. The number of amides is 1. The van der Waals surface area contributed by atoms with Gasteiger partial charge in [-0.05, 0) is 18.8 Å². The van der Waals surface area contributed by atoms with Crippen LogP contribution in [0.2, 0.25) is 0 Å². The molecule has 134 valence electrons. The van der Waals surface area contributed by atoms with E-state index >= 15 is 0 Å². The Hall–Kier alpha value is -1.69. The molecule has 1 aliphatic rings. The Morgan fingerprint density at radius 3 is 2.58 bits per heavy atom. The number of aromatic nitrogens is 2. The van der Waals surface area contributed by atoms with Crippen LogP contribution in [0.1, 0.15) is 40.5 Å². The average molecular weight is 334 g/mol. The minimum absolute atomic E-state index is 0.0323. The normalized spacial score (nSPS) is 17.8. The first-order chi connectivity index (χ1) is 11.3. The van der Waals surface area contributed by atoms with Gasteiger partial charge in [-0.25, -0.2) is 4.98 Å². The predicted molar refractivity (Wildman–Crippen MR) is 94.6 cm³/mol. The maximum atomic E-state index is 12.4. The van der Waals surface area contributed by atoms with E-state index in [2.05, 4.69) is 20.2 Å². The van der Waals surface area contributed by atoms with E-state index in [-0.39, 0.29) is 23.2 Å². The zero-order valence-electron chi connectivity index (χ0n) is 15.2. The van der Waals surface area contributed by atoms with Crippen molar-refractivity contribution >= 4 is 11.7 Å². The van der Waals surface area contributed by atoms with Crippen LogP contribution < -0.4 is 10.2 Å². The van der Waals surface area contributed by atoms with Crippen molar-refractivity contribution in [2.45, 2.75) is 46.6 Å². The lowest BCUT2D eigenvalue weighted by Crippen LogP contribution is -2.47. The molecule has 2 heterocycles. The largest absolute Gasteiger partial charge is 0.392 e. The summed E-state index contributed by atoms with van der Waals surface area (Å²) in [5.74, 6) is 1.17. The molecule has 1 aromatic rings. The van der Waals surface area contributed by atoms with Gasteiger partial charge in [0.05, 0.1) is 12.3 Å². The maximum Gasteiger partial charge on any atom is 0.223 e. The number of aliphatic hydroxyl groups excluding tert-OH is 1. The Morgan fingerprint density at radius 1 is 1.38 bits per heavy atom. The van der Waals surface area contributed by atoms with E-state index in [4.69, 9.17) is 0 Å². The third-order valence-electron chi connectivity index (χ3n) is 4.89. The third kappa shape index (κ3) is 4.66. The number of piperidine rings is 1. The molecule has 6 heteroatoms. The summed E-state index contributed by atoms with van der Waals surface area (Å²) in [6.07, 6.45) is 6.31. The Balaban J connectivity index is 1.81. The monoisotopic (exact) mass is 334 g/mol. The van der Waals surface area contributed by atoms with Crippen LogP contribution in [0.25, 0.3) is 0 Å². The molecule has 6 nitrogen and oxygen atoms in total. The standard InChI is InChI=1S/C18H30N4O2/c1-13(2)16(23)18(3,4)12-21-17(24)14-5-9-22(10-6-14)15-11-19-7-8-20-15/h7-8,11,13-14,16,23H,5-6,9-10,12H2,1-4H3,(H,21,24). The number of hydrogen-bond acceptors (Lipinski definition) is 5. The Labute approximate surface area is 144 Å². The van der Waals surface area contributed by atoms with E-state index in [1.807, 2.05) is 27.7 Å². The van der Waals surface area contributed by atoms with Gasteiger partial charge in [0.1, 0.15) is 5.82 Å².